The third-order valence-electron chi connectivity index (χ3n) is 3.82. The fourth-order valence-electron chi connectivity index (χ4n) is 2.77. The molecule has 7 heteroatoms. The van der Waals surface area contributed by atoms with Crippen LogP contribution >= 0.6 is 22.7 Å². The summed E-state index contributed by atoms with van der Waals surface area (Å²) in [5.41, 5.74) is 1.96. The summed E-state index contributed by atoms with van der Waals surface area (Å²) in [6.45, 7) is 0.436. The van der Waals surface area contributed by atoms with Crippen LogP contribution in [-0.4, -0.2) is 15.9 Å². The fourth-order valence-corrected chi connectivity index (χ4v) is 4.70. The number of aryl methyl sites for hydroxylation is 2. The molecule has 1 aliphatic carbocycles. The van der Waals surface area contributed by atoms with Gasteiger partial charge >= 0.3 is 0 Å². The molecule has 2 N–H and O–H groups in total. The highest BCUT2D eigenvalue weighted by Crippen LogP contribution is 2.34. The maximum atomic E-state index is 12.3. The zero-order chi connectivity index (χ0) is 15.1. The van der Waals surface area contributed by atoms with Crippen LogP contribution in [0.5, 0.6) is 0 Å². The standard InChI is InChI=1S/C15H13N3O2S2/c19-13-11-9-2-1-3-10(9)22-15(11)18-12(17-13)14(20)16-6-8-4-5-21-7-8/h4-5,7H,1-3,6H2,(H,16,20)(H,17,18,19). The molecule has 0 atom stereocenters. The van der Waals surface area contributed by atoms with E-state index in [1.165, 1.54) is 16.2 Å². The van der Waals surface area contributed by atoms with Gasteiger partial charge in [0.1, 0.15) is 4.83 Å². The molecule has 0 spiro atoms. The van der Waals surface area contributed by atoms with Crippen LogP contribution in [0.15, 0.2) is 21.6 Å². The number of aromatic amines is 1. The first-order chi connectivity index (χ1) is 10.7. The van der Waals surface area contributed by atoms with Crippen molar-refractivity contribution in [3.05, 3.63) is 49.0 Å². The molecule has 3 heterocycles. The minimum atomic E-state index is -0.348. The fraction of sp³-hybridized carbons (Fsp3) is 0.267. The Kier molecular flexibility index (Phi) is 3.31. The van der Waals surface area contributed by atoms with E-state index in [2.05, 4.69) is 15.3 Å². The Bertz CT molecular complexity index is 909. The molecular formula is C15H13N3O2S2. The van der Waals surface area contributed by atoms with E-state index >= 15 is 0 Å². The number of aromatic nitrogens is 2. The molecule has 0 saturated carbocycles. The highest BCUT2D eigenvalue weighted by molar-refractivity contribution is 7.18. The molecule has 0 unspecified atom stereocenters. The van der Waals surface area contributed by atoms with Gasteiger partial charge in [0.05, 0.1) is 5.39 Å². The van der Waals surface area contributed by atoms with Gasteiger partial charge < -0.3 is 10.3 Å². The van der Waals surface area contributed by atoms with Crippen molar-refractivity contribution in [2.75, 3.05) is 0 Å². The lowest BCUT2D eigenvalue weighted by atomic mass is 10.2. The van der Waals surface area contributed by atoms with Crippen molar-refractivity contribution < 1.29 is 4.79 Å². The smallest absolute Gasteiger partial charge is 0.287 e. The molecule has 0 radical (unpaired) electrons. The number of carbonyl (C=O) groups excluding carboxylic acids is 1. The molecule has 1 amide bonds. The Balaban J connectivity index is 1.65. The number of amides is 1. The van der Waals surface area contributed by atoms with Gasteiger partial charge in [0, 0.05) is 11.4 Å². The Labute approximate surface area is 134 Å². The molecule has 3 aromatic heterocycles. The lowest BCUT2D eigenvalue weighted by molar-refractivity contribution is 0.0940. The molecule has 22 heavy (non-hydrogen) atoms. The van der Waals surface area contributed by atoms with E-state index in [-0.39, 0.29) is 17.3 Å². The largest absolute Gasteiger partial charge is 0.345 e. The predicted molar refractivity (Wildman–Crippen MR) is 87.8 cm³/mol. The monoisotopic (exact) mass is 331 g/mol. The predicted octanol–water partition coefficient (Wildman–Crippen LogP) is 2.46. The normalized spacial score (nSPS) is 13.5. The van der Waals surface area contributed by atoms with E-state index in [1.807, 2.05) is 16.8 Å². The van der Waals surface area contributed by atoms with Crippen molar-refractivity contribution in [1.29, 1.82) is 0 Å². The molecule has 0 bridgehead atoms. The third-order valence-corrected chi connectivity index (χ3v) is 5.74. The van der Waals surface area contributed by atoms with E-state index in [1.54, 1.807) is 11.3 Å². The van der Waals surface area contributed by atoms with Gasteiger partial charge in [0.25, 0.3) is 11.5 Å². The summed E-state index contributed by atoms with van der Waals surface area (Å²) in [7, 11) is 0. The van der Waals surface area contributed by atoms with E-state index in [4.69, 9.17) is 0 Å². The lowest BCUT2D eigenvalue weighted by Crippen LogP contribution is -2.27. The number of rotatable bonds is 3. The van der Waals surface area contributed by atoms with E-state index in [9.17, 15) is 9.59 Å². The number of hydrogen-bond acceptors (Lipinski definition) is 5. The Morgan fingerprint density at radius 3 is 3.14 bits per heavy atom. The number of hydrogen-bond donors (Lipinski definition) is 2. The average Bonchev–Trinajstić information content (AvgIpc) is 3.20. The van der Waals surface area contributed by atoms with Crippen molar-refractivity contribution in [3.8, 4) is 0 Å². The average molecular weight is 331 g/mol. The number of nitrogens with zero attached hydrogens (tertiary/aromatic N) is 1. The molecule has 0 aromatic carbocycles. The van der Waals surface area contributed by atoms with Gasteiger partial charge in [-0.25, -0.2) is 4.98 Å². The Morgan fingerprint density at radius 1 is 1.41 bits per heavy atom. The molecule has 0 fully saturated rings. The number of fused-ring (bicyclic) bond motifs is 3. The minimum absolute atomic E-state index is 0.0904. The third kappa shape index (κ3) is 2.26. The van der Waals surface area contributed by atoms with Gasteiger partial charge in [-0.05, 0) is 47.2 Å². The highest BCUT2D eigenvalue weighted by atomic mass is 32.1. The first-order valence-corrected chi connectivity index (χ1v) is 8.82. The summed E-state index contributed by atoms with van der Waals surface area (Å²) >= 11 is 3.12. The lowest BCUT2D eigenvalue weighted by Gasteiger charge is -2.03. The Hall–Kier alpha value is -1.99. The maximum Gasteiger partial charge on any atom is 0.287 e. The minimum Gasteiger partial charge on any atom is -0.345 e. The van der Waals surface area contributed by atoms with Gasteiger partial charge in [-0.3, -0.25) is 9.59 Å². The van der Waals surface area contributed by atoms with Crippen molar-refractivity contribution in [2.24, 2.45) is 0 Å². The van der Waals surface area contributed by atoms with Gasteiger partial charge in [0.2, 0.25) is 5.82 Å². The Morgan fingerprint density at radius 2 is 2.32 bits per heavy atom. The van der Waals surface area contributed by atoms with Gasteiger partial charge in [-0.1, -0.05) is 0 Å². The van der Waals surface area contributed by atoms with Crippen molar-refractivity contribution >= 4 is 38.8 Å². The first-order valence-electron chi connectivity index (χ1n) is 7.06. The van der Waals surface area contributed by atoms with Crippen LogP contribution in [0.1, 0.15) is 33.0 Å². The van der Waals surface area contributed by atoms with Gasteiger partial charge in [0.15, 0.2) is 0 Å². The van der Waals surface area contributed by atoms with Crippen LogP contribution in [0, 0.1) is 0 Å². The van der Waals surface area contributed by atoms with Crippen molar-refractivity contribution in [2.45, 2.75) is 25.8 Å². The summed E-state index contributed by atoms with van der Waals surface area (Å²) in [4.78, 5) is 33.4. The second kappa shape index (κ2) is 5.33. The molecule has 112 valence electrons. The van der Waals surface area contributed by atoms with E-state index < -0.39 is 0 Å². The van der Waals surface area contributed by atoms with Crippen LogP contribution in [0.3, 0.4) is 0 Å². The molecule has 0 aliphatic heterocycles. The summed E-state index contributed by atoms with van der Waals surface area (Å²) in [5, 5.41) is 7.39. The number of carbonyl (C=O) groups is 1. The van der Waals surface area contributed by atoms with Gasteiger partial charge in [-0.15, -0.1) is 11.3 Å². The zero-order valence-electron chi connectivity index (χ0n) is 11.6. The van der Waals surface area contributed by atoms with Crippen molar-refractivity contribution in [1.82, 2.24) is 15.3 Å². The molecule has 5 nitrogen and oxygen atoms in total. The van der Waals surface area contributed by atoms with Crippen LogP contribution in [0.2, 0.25) is 0 Å². The molecule has 3 aromatic rings. The van der Waals surface area contributed by atoms with Gasteiger partial charge in [-0.2, -0.15) is 11.3 Å². The second-order valence-electron chi connectivity index (χ2n) is 5.27. The summed E-state index contributed by atoms with van der Waals surface area (Å²) < 4.78 is 0. The second-order valence-corrected chi connectivity index (χ2v) is 7.13. The molecule has 1 aliphatic rings. The molecule has 0 saturated heterocycles. The summed E-state index contributed by atoms with van der Waals surface area (Å²) in [6, 6.07) is 1.95. The quantitative estimate of drug-likeness (QED) is 0.774. The van der Waals surface area contributed by atoms with Crippen LogP contribution in [0.4, 0.5) is 0 Å². The first kappa shape index (κ1) is 13.7. The number of nitrogens with one attached hydrogen (secondary N) is 2. The SMILES string of the molecule is O=C(NCc1ccsc1)c1nc2sc3c(c2c(=O)[nH]1)CCC3. The molecule has 4 rings (SSSR count). The van der Waals surface area contributed by atoms with Crippen LogP contribution in [0.25, 0.3) is 10.2 Å². The highest BCUT2D eigenvalue weighted by Gasteiger charge is 2.22. The molecular weight excluding hydrogens is 318 g/mol. The number of H-pyrrole nitrogens is 1. The van der Waals surface area contributed by atoms with Crippen LogP contribution in [-0.2, 0) is 19.4 Å². The zero-order valence-corrected chi connectivity index (χ0v) is 13.3. The van der Waals surface area contributed by atoms with Crippen LogP contribution < -0.4 is 10.9 Å². The topological polar surface area (TPSA) is 74.8 Å². The summed E-state index contributed by atoms with van der Waals surface area (Å²) in [5.74, 6) is -0.258. The van der Waals surface area contributed by atoms with Crippen molar-refractivity contribution in [3.63, 3.8) is 0 Å². The number of thiophene rings is 2. The van der Waals surface area contributed by atoms with E-state index in [0.717, 1.165) is 30.4 Å². The maximum absolute atomic E-state index is 12.3. The van der Waals surface area contributed by atoms with E-state index in [0.29, 0.717) is 16.8 Å². The summed E-state index contributed by atoms with van der Waals surface area (Å²) in [6.07, 6.45) is 3.04.